The van der Waals surface area contributed by atoms with Crippen molar-refractivity contribution in [3.8, 4) is 0 Å². The summed E-state index contributed by atoms with van der Waals surface area (Å²) >= 11 is 0. The summed E-state index contributed by atoms with van der Waals surface area (Å²) in [7, 11) is 3.42. The Morgan fingerprint density at radius 3 is 2.08 bits per heavy atom. The lowest BCUT2D eigenvalue weighted by atomic mass is 10.1. The molecule has 74 valence electrons. The van der Waals surface area contributed by atoms with E-state index in [1.54, 1.807) is 14.1 Å². The highest BCUT2D eigenvalue weighted by Gasteiger charge is 2.01. The van der Waals surface area contributed by atoms with Gasteiger partial charge in [-0.05, 0) is 18.8 Å². The van der Waals surface area contributed by atoms with Gasteiger partial charge in [-0.25, -0.2) is 0 Å². The maximum Gasteiger partial charge on any atom is 0.0779 e. The van der Waals surface area contributed by atoms with Gasteiger partial charge in [0.15, 0.2) is 0 Å². The molecule has 0 heterocycles. The number of nitrogens with zero attached hydrogens (tertiary/aromatic N) is 1. The van der Waals surface area contributed by atoms with E-state index >= 15 is 0 Å². The fourth-order valence-electron chi connectivity index (χ4n) is 1.22. The molecular formula is C10H23NO. The van der Waals surface area contributed by atoms with Gasteiger partial charge in [-0.3, -0.25) is 0 Å². The Hall–Kier alpha value is -0.0800. The lowest BCUT2D eigenvalue weighted by Crippen LogP contribution is -2.32. The zero-order valence-corrected chi connectivity index (χ0v) is 8.97. The molecular weight excluding hydrogens is 150 g/mol. The molecule has 0 aliphatic heterocycles. The van der Waals surface area contributed by atoms with Crippen LogP contribution in [0.4, 0.5) is 0 Å². The fourth-order valence-corrected chi connectivity index (χ4v) is 1.22. The quantitative estimate of drug-likeness (QED) is 0.344. The van der Waals surface area contributed by atoms with Crippen molar-refractivity contribution < 1.29 is 4.65 Å². The van der Waals surface area contributed by atoms with E-state index in [0.29, 0.717) is 0 Å². The van der Waals surface area contributed by atoms with Crippen molar-refractivity contribution in [2.24, 2.45) is 5.92 Å². The van der Waals surface area contributed by atoms with E-state index in [1.807, 2.05) is 0 Å². The van der Waals surface area contributed by atoms with Crippen molar-refractivity contribution in [2.75, 3.05) is 20.6 Å². The summed E-state index contributed by atoms with van der Waals surface area (Å²) in [6, 6.07) is 0. The van der Waals surface area contributed by atoms with Gasteiger partial charge in [0.1, 0.15) is 0 Å². The van der Waals surface area contributed by atoms with Crippen LogP contribution < -0.4 is 0 Å². The van der Waals surface area contributed by atoms with Gasteiger partial charge in [0.25, 0.3) is 0 Å². The summed E-state index contributed by atoms with van der Waals surface area (Å²) in [6.45, 7) is 5.25. The Balaban J connectivity index is 3.12. The third-order valence-electron chi connectivity index (χ3n) is 1.98. The molecule has 0 rings (SSSR count). The maximum absolute atomic E-state index is 11.1. The Bertz CT molecular complexity index is 105. The molecule has 0 N–H and O–H groups in total. The smallest absolute Gasteiger partial charge is 0.0779 e. The van der Waals surface area contributed by atoms with Gasteiger partial charge in [-0.1, -0.05) is 26.7 Å². The standard InChI is InChI=1S/C10H23NO/c1-10(2)8-6-5-7-9-11(3,4)12/h10H,5-9H2,1-4H3. The van der Waals surface area contributed by atoms with Crippen LogP contribution in [0, 0.1) is 11.1 Å². The first kappa shape index (κ1) is 11.9. The first-order chi connectivity index (χ1) is 5.42. The van der Waals surface area contributed by atoms with Crippen LogP contribution in [0.2, 0.25) is 0 Å². The van der Waals surface area contributed by atoms with Crippen LogP contribution in [-0.4, -0.2) is 25.3 Å². The summed E-state index contributed by atoms with van der Waals surface area (Å²) in [5, 5.41) is 11.1. The number of unbranched alkanes of at least 4 members (excludes halogenated alkanes) is 2. The number of hydrogen-bond donors (Lipinski definition) is 0. The van der Waals surface area contributed by atoms with Crippen molar-refractivity contribution >= 4 is 0 Å². The van der Waals surface area contributed by atoms with E-state index in [9.17, 15) is 5.21 Å². The van der Waals surface area contributed by atoms with Crippen LogP contribution in [0.3, 0.4) is 0 Å². The second-order valence-corrected chi connectivity index (χ2v) is 4.54. The molecule has 0 aromatic rings. The first-order valence-electron chi connectivity index (χ1n) is 4.96. The SMILES string of the molecule is CC(C)CCCCC[N+](C)(C)[O-]. The molecule has 0 spiro atoms. The molecule has 0 aliphatic rings. The van der Waals surface area contributed by atoms with Gasteiger partial charge in [-0.2, -0.15) is 0 Å². The van der Waals surface area contributed by atoms with E-state index < -0.39 is 0 Å². The van der Waals surface area contributed by atoms with Gasteiger partial charge in [0.2, 0.25) is 0 Å². The second kappa shape index (κ2) is 5.55. The van der Waals surface area contributed by atoms with Crippen LogP contribution >= 0.6 is 0 Å². The molecule has 12 heavy (non-hydrogen) atoms. The van der Waals surface area contributed by atoms with E-state index in [2.05, 4.69) is 13.8 Å². The van der Waals surface area contributed by atoms with Crippen LogP contribution in [0.1, 0.15) is 39.5 Å². The predicted octanol–water partition coefficient (Wildman–Crippen LogP) is 2.78. The lowest BCUT2D eigenvalue weighted by molar-refractivity contribution is -0.840. The van der Waals surface area contributed by atoms with Gasteiger partial charge in [0.05, 0.1) is 20.6 Å². The van der Waals surface area contributed by atoms with Crippen molar-refractivity contribution in [1.29, 1.82) is 0 Å². The summed E-state index contributed by atoms with van der Waals surface area (Å²) < 4.78 is -0.137. The monoisotopic (exact) mass is 173 g/mol. The number of hydroxylamine groups is 3. The molecule has 0 aromatic carbocycles. The number of rotatable bonds is 6. The molecule has 0 amide bonds. The highest BCUT2D eigenvalue weighted by atomic mass is 16.5. The third kappa shape index (κ3) is 9.92. The normalized spacial score (nSPS) is 12.5. The molecule has 0 saturated heterocycles. The third-order valence-corrected chi connectivity index (χ3v) is 1.98. The van der Waals surface area contributed by atoms with Crippen molar-refractivity contribution in [1.82, 2.24) is 0 Å². The van der Waals surface area contributed by atoms with E-state index in [4.69, 9.17) is 0 Å². The topological polar surface area (TPSA) is 23.1 Å². The zero-order chi connectivity index (χ0) is 9.61. The summed E-state index contributed by atoms with van der Waals surface area (Å²) in [6.07, 6.45) is 4.86. The largest absolute Gasteiger partial charge is 0.633 e. The van der Waals surface area contributed by atoms with Crippen molar-refractivity contribution in [2.45, 2.75) is 39.5 Å². The van der Waals surface area contributed by atoms with Crippen LogP contribution in [0.25, 0.3) is 0 Å². The molecule has 0 bridgehead atoms. The van der Waals surface area contributed by atoms with Gasteiger partial charge < -0.3 is 9.85 Å². The van der Waals surface area contributed by atoms with Crippen LogP contribution in [0.15, 0.2) is 0 Å². The summed E-state index contributed by atoms with van der Waals surface area (Å²) in [5.74, 6) is 0.805. The molecule has 0 aliphatic carbocycles. The fraction of sp³-hybridized carbons (Fsp3) is 1.00. The predicted molar refractivity (Wildman–Crippen MR) is 53.6 cm³/mol. The molecule has 0 aromatic heterocycles. The average molecular weight is 173 g/mol. The van der Waals surface area contributed by atoms with Gasteiger partial charge >= 0.3 is 0 Å². The molecule has 2 heteroatoms. The number of hydrogen-bond acceptors (Lipinski definition) is 1. The second-order valence-electron chi connectivity index (χ2n) is 4.54. The lowest BCUT2D eigenvalue weighted by Gasteiger charge is -2.33. The van der Waals surface area contributed by atoms with Crippen LogP contribution in [0.5, 0.6) is 0 Å². The van der Waals surface area contributed by atoms with Crippen molar-refractivity contribution in [3.05, 3.63) is 5.21 Å². The van der Waals surface area contributed by atoms with Crippen LogP contribution in [-0.2, 0) is 0 Å². The summed E-state index contributed by atoms with van der Waals surface area (Å²) in [4.78, 5) is 0. The maximum atomic E-state index is 11.1. The minimum Gasteiger partial charge on any atom is -0.633 e. The van der Waals surface area contributed by atoms with E-state index in [0.717, 1.165) is 18.9 Å². The number of quaternary nitrogens is 1. The molecule has 0 saturated carbocycles. The Kier molecular flexibility index (Phi) is 5.51. The minimum absolute atomic E-state index is 0.137. The molecule has 0 fully saturated rings. The zero-order valence-electron chi connectivity index (χ0n) is 8.97. The van der Waals surface area contributed by atoms with E-state index in [-0.39, 0.29) is 4.65 Å². The van der Waals surface area contributed by atoms with E-state index in [1.165, 1.54) is 19.3 Å². The summed E-state index contributed by atoms with van der Waals surface area (Å²) in [5.41, 5.74) is 0. The highest BCUT2D eigenvalue weighted by molar-refractivity contribution is 4.47. The first-order valence-corrected chi connectivity index (χ1v) is 4.96. The molecule has 0 radical (unpaired) electrons. The van der Waals surface area contributed by atoms with Crippen molar-refractivity contribution in [3.63, 3.8) is 0 Å². The minimum atomic E-state index is -0.137. The Labute approximate surface area is 76.7 Å². The Morgan fingerprint density at radius 1 is 1.08 bits per heavy atom. The average Bonchev–Trinajstić information content (AvgIpc) is 1.83. The molecule has 0 atom stereocenters. The Morgan fingerprint density at radius 2 is 1.67 bits per heavy atom. The van der Waals surface area contributed by atoms with Gasteiger partial charge in [-0.15, -0.1) is 0 Å². The van der Waals surface area contributed by atoms with Gasteiger partial charge in [0, 0.05) is 0 Å². The highest BCUT2D eigenvalue weighted by Crippen LogP contribution is 2.09. The molecule has 0 unspecified atom stereocenters. The molecule has 2 nitrogen and oxygen atoms in total.